The molecule has 2 rings (SSSR count). The summed E-state index contributed by atoms with van der Waals surface area (Å²) in [6.45, 7) is 2.57. The van der Waals surface area contributed by atoms with Crippen LogP contribution < -0.4 is 5.32 Å². The topological polar surface area (TPSA) is 89.8 Å². The first-order valence-electron chi connectivity index (χ1n) is 11.2. The van der Waals surface area contributed by atoms with Gasteiger partial charge in [-0.3, -0.25) is 4.79 Å². The third-order valence-electron chi connectivity index (χ3n) is 5.77. The van der Waals surface area contributed by atoms with Crippen molar-refractivity contribution in [3.63, 3.8) is 0 Å². The number of benzene rings is 1. The summed E-state index contributed by atoms with van der Waals surface area (Å²) in [5, 5.41) is 33.8. The summed E-state index contributed by atoms with van der Waals surface area (Å²) >= 11 is 0. The van der Waals surface area contributed by atoms with Gasteiger partial charge in [-0.2, -0.15) is 0 Å². The molecular formula is C25H37NO4. The molecule has 0 aliphatic heterocycles. The Balaban J connectivity index is 1.78. The highest BCUT2D eigenvalue weighted by atomic mass is 16.3. The quantitative estimate of drug-likeness (QED) is 0.312. The van der Waals surface area contributed by atoms with E-state index < -0.39 is 18.3 Å². The van der Waals surface area contributed by atoms with Crippen LogP contribution in [0, 0.1) is 11.8 Å². The second kappa shape index (κ2) is 13.4. The Hall–Kier alpha value is -1.95. The van der Waals surface area contributed by atoms with Gasteiger partial charge in [-0.15, -0.1) is 0 Å². The number of carbonyl (C=O) groups is 1. The van der Waals surface area contributed by atoms with Crippen LogP contribution in [0.3, 0.4) is 0 Å². The molecule has 0 radical (unpaired) electrons. The first kappa shape index (κ1) is 24.3. The van der Waals surface area contributed by atoms with Gasteiger partial charge < -0.3 is 20.6 Å². The van der Waals surface area contributed by atoms with Gasteiger partial charge in [-0.05, 0) is 50.5 Å². The minimum Gasteiger partial charge on any atom is -0.393 e. The minimum absolute atomic E-state index is 0.0581. The molecule has 5 atom stereocenters. The highest BCUT2D eigenvalue weighted by molar-refractivity contribution is 5.75. The molecule has 0 heterocycles. The van der Waals surface area contributed by atoms with Gasteiger partial charge in [0.15, 0.2) is 0 Å². The summed E-state index contributed by atoms with van der Waals surface area (Å²) in [4.78, 5) is 11.4. The lowest BCUT2D eigenvalue weighted by atomic mass is 9.89. The molecule has 30 heavy (non-hydrogen) atoms. The molecule has 4 N–H and O–H groups in total. The van der Waals surface area contributed by atoms with Crippen LogP contribution in [-0.4, -0.2) is 46.1 Å². The maximum absolute atomic E-state index is 11.4. The minimum atomic E-state index is -0.589. The van der Waals surface area contributed by atoms with E-state index in [0.29, 0.717) is 32.2 Å². The highest BCUT2D eigenvalue weighted by Crippen LogP contribution is 2.36. The predicted octanol–water partition coefficient (Wildman–Crippen LogP) is 3.15. The molecule has 1 aromatic rings. The Morgan fingerprint density at radius 1 is 1.20 bits per heavy atom. The standard InChI is InChI=1S/C25H37NO4/c1-2-26-25(30)13-9-4-3-8-12-21-22(24(29)18-23(21)28)17-16-20(27)15-14-19-10-6-5-7-11-19/h3,5-8,10-11,16-17,20-24,27-29H,2,4,9,12-15,18H2,1H3,(H,26,30)/t20?,21-,22-,23?,24?/m1/s1. The smallest absolute Gasteiger partial charge is 0.219 e. The maximum atomic E-state index is 11.4. The summed E-state index contributed by atoms with van der Waals surface area (Å²) < 4.78 is 0. The largest absolute Gasteiger partial charge is 0.393 e. The van der Waals surface area contributed by atoms with Crippen molar-refractivity contribution in [1.29, 1.82) is 0 Å². The summed E-state index contributed by atoms with van der Waals surface area (Å²) in [5.74, 6) is -0.139. The molecule has 1 aliphatic rings. The van der Waals surface area contributed by atoms with Gasteiger partial charge in [0.25, 0.3) is 0 Å². The fraction of sp³-hybridized carbons (Fsp3) is 0.560. The first-order valence-corrected chi connectivity index (χ1v) is 11.2. The number of allylic oxidation sites excluding steroid dienone is 2. The van der Waals surface area contributed by atoms with E-state index in [2.05, 4.69) is 5.32 Å². The van der Waals surface area contributed by atoms with Crippen LogP contribution in [0.2, 0.25) is 0 Å². The van der Waals surface area contributed by atoms with Gasteiger partial charge in [0.1, 0.15) is 0 Å². The van der Waals surface area contributed by atoms with Crippen LogP contribution in [-0.2, 0) is 11.2 Å². The molecule has 1 saturated carbocycles. The van der Waals surface area contributed by atoms with Gasteiger partial charge in [0.2, 0.25) is 5.91 Å². The molecule has 5 heteroatoms. The molecule has 166 valence electrons. The van der Waals surface area contributed by atoms with Gasteiger partial charge in [0.05, 0.1) is 18.3 Å². The lowest BCUT2D eigenvalue weighted by molar-refractivity contribution is -0.121. The number of nitrogens with one attached hydrogen (secondary N) is 1. The molecule has 1 aromatic carbocycles. The predicted molar refractivity (Wildman–Crippen MR) is 120 cm³/mol. The Kier molecular flexibility index (Phi) is 10.8. The Morgan fingerprint density at radius 2 is 1.97 bits per heavy atom. The number of hydrogen-bond acceptors (Lipinski definition) is 4. The van der Waals surface area contributed by atoms with Crippen LogP contribution in [0.4, 0.5) is 0 Å². The average Bonchev–Trinajstić information content (AvgIpc) is 3.00. The summed E-state index contributed by atoms with van der Waals surface area (Å²) in [5.41, 5.74) is 1.19. The second-order valence-corrected chi connectivity index (χ2v) is 8.14. The molecule has 1 amide bonds. The molecule has 0 spiro atoms. The van der Waals surface area contributed by atoms with Crippen molar-refractivity contribution in [3.8, 4) is 0 Å². The molecule has 5 nitrogen and oxygen atoms in total. The average molecular weight is 416 g/mol. The van der Waals surface area contributed by atoms with E-state index in [9.17, 15) is 20.1 Å². The summed E-state index contributed by atoms with van der Waals surface area (Å²) in [7, 11) is 0. The van der Waals surface area contributed by atoms with E-state index in [1.807, 2.05) is 55.5 Å². The van der Waals surface area contributed by atoms with E-state index >= 15 is 0 Å². The zero-order valence-electron chi connectivity index (χ0n) is 18.0. The molecule has 0 saturated heterocycles. The third kappa shape index (κ3) is 8.42. The van der Waals surface area contributed by atoms with Crippen molar-refractivity contribution in [2.75, 3.05) is 6.54 Å². The fourth-order valence-corrected chi connectivity index (χ4v) is 4.06. The van der Waals surface area contributed by atoms with Crippen LogP contribution in [0.15, 0.2) is 54.6 Å². The number of aryl methyl sites for hydroxylation is 1. The normalized spacial score (nSPS) is 25.2. The monoisotopic (exact) mass is 415 g/mol. The summed E-state index contributed by atoms with van der Waals surface area (Å²) in [6.07, 6.45) is 10.6. The first-order chi connectivity index (χ1) is 14.5. The Morgan fingerprint density at radius 3 is 2.70 bits per heavy atom. The van der Waals surface area contributed by atoms with E-state index in [0.717, 1.165) is 19.3 Å². The Labute approximate surface area is 180 Å². The van der Waals surface area contributed by atoms with Crippen LogP contribution in [0.1, 0.15) is 51.0 Å². The van der Waals surface area contributed by atoms with Crippen LogP contribution in [0.25, 0.3) is 0 Å². The van der Waals surface area contributed by atoms with Crippen molar-refractivity contribution < 1.29 is 20.1 Å². The van der Waals surface area contributed by atoms with Crippen LogP contribution >= 0.6 is 0 Å². The highest BCUT2D eigenvalue weighted by Gasteiger charge is 2.39. The molecule has 0 bridgehead atoms. The maximum Gasteiger partial charge on any atom is 0.219 e. The number of unbranched alkanes of at least 4 members (excludes halogenated alkanes) is 1. The third-order valence-corrected chi connectivity index (χ3v) is 5.77. The van der Waals surface area contributed by atoms with E-state index in [1.54, 1.807) is 6.08 Å². The van der Waals surface area contributed by atoms with Crippen molar-refractivity contribution in [2.45, 2.75) is 70.2 Å². The summed E-state index contributed by atoms with van der Waals surface area (Å²) in [6, 6.07) is 10.1. The van der Waals surface area contributed by atoms with Crippen molar-refractivity contribution in [2.24, 2.45) is 11.8 Å². The van der Waals surface area contributed by atoms with Gasteiger partial charge in [-0.1, -0.05) is 54.6 Å². The number of aliphatic hydroxyl groups is 3. The van der Waals surface area contributed by atoms with E-state index in [4.69, 9.17) is 0 Å². The number of carbonyl (C=O) groups excluding carboxylic acids is 1. The second-order valence-electron chi connectivity index (χ2n) is 8.14. The molecule has 1 fully saturated rings. The lowest BCUT2D eigenvalue weighted by Gasteiger charge is -2.19. The van der Waals surface area contributed by atoms with Crippen molar-refractivity contribution >= 4 is 5.91 Å². The van der Waals surface area contributed by atoms with Crippen LogP contribution in [0.5, 0.6) is 0 Å². The Bertz CT molecular complexity index is 673. The fourth-order valence-electron chi connectivity index (χ4n) is 4.06. The van der Waals surface area contributed by atoms with Crippen molar-refractivity contribution in [3.05, 3.63) is 60.2 Å². The number of hydrogen-bond donors (Lipinski definition) is 4. The SMILES string of the molecule is CCNC(=O)CCCC=CC[C@H]1C(O)CC(O)[C@@H]1C=CC(O)CCc1ccccc1. The van der Waals surface area contributed by atoms with Gasteiger partial charge in [-0.25, -0.2) is 0 Å². The van der Waals surface area contributed by atoms with E-state index in [1.165, 1.54) is 5.56 Å². The molecule has 3 unspecified atom stereocenters. The number of amides is 1. The molecule has 1 aliphatic carbocycles. The number of rotatable bonds is 12. The van der Waals surface area contributed by atoms with Crippen molar-refractivity contribution in [1.82, 2.24) is 5.32 Å². The molecular weight excluding hydrogens is 378 g/mol. The lowest BCUT2D eigenvalue weighted by Crippen LogP contribution is -2.21. The van der Waals surface area contributed by atoms with Gasteiger partial charge in [0, 0.05) is 25.3 Å². The number of aliphatic hydroxyl groups excluding tert-OH is 3. The molecule has 0 aromatic heterocycles. The van der Waals surface area contributed by atoms with E-state index in [-0.39, 0.29) is 17.7 Å². The zero-order valence-corrected chi connectivity index (χ0v) is 18.0. The van der Waals surface area contributed by atoms with Gasteiger partial charge >= 0.3 is 0 Å². The zero-order chi connectivity index (χ0) is 21.8.